The Kier molecular flexibility index (Phi) is 5.36. The summed E-state index contributed by atoms with van der Waals surface area (Å²) in [5, 5.41) is 3.08. The van der Waals surface area contributed by atoms with Gasteiger partial charge in [0, 0.05) is 0 Å². The van der Waals surface area contributed by atoms with Gasteiger partial charge in [0.05, 0.1) is 22.2 Å². The Morgan fingerprint density at radius 1 is 0.862 bits per heavy atom. The molecular weight excluding hydrogens is 384 g/mol. The van der Waals surface area contributed by atoms with Gasteiger partial charge in [-0.2, -0.15) is 0 Å². The molecule has 0 bridgehead atoms. The summed E-state index contributed by atoms with van der Waals surface area (Å²) in [6.45, 7) is 0. The molecule has 148 valence electrons. The summed E-state index contributed by atoms with van der Waals surface area (Å²) in [6, 6.07) is 22.8. The van der Waals surface area contributed by atoms with Gasteiger partial charge in [0.15, 0.2) is 0 Å². The van der Waals surface area contributed by atoms with Gasteiger partial charge in [-0.25, -0.2) is 8.42 Å². The van der Waals surface area contributed by atoms with Crippen LogP contribution >= 0.6 is 0 Å². The first-order valence-electron chi connectivity index (χ1n) is 9.60. The predicted molar refractivity (Wildman–Crippen MR) is 113 cm³/mol. The van der Waals surface area contributed by atoms with E-state index in [4.69, 9.17) is 0 Å². The van der Waals surface area contributed by atoms with Crippen LogP contribution in [0.5, 0.6) is 0 Å². The van der Waals surface area contributed by atoms with Gasteiger partial charge in [-0.1, -0.05) is 54.6 Å². The van der Waals surface area contributed by atoms with Gasteiger partial charge in [0.25, 0.3) is 15.9 Å². The maximum atomic E-state index is 13.0. The van der Waals surface area contributed by atoms with E-state index < -0.39 is 10.0 Å². The number of rotatable bonds is 5. The van der Waals surface area contributed by atoms with Gasteiger partial charge in [-0.3, -0.25) is 9.52 Å². The zero-order valence-electron chi connectivity index (χ0n) is 15.8. The molecular formula is C23H22N2O3S. The van der Waals surface area contributed by atoms with Crippen LogP contribution in [0.25, 0.3) is 0 Å². The summed E-state index contributed by atoms with van der Waals surface area (Å²) in [5.41, 5.74) is 2.95. The van der Waals surface area contributed by atoms with Crippen LogP contribution in [0.3, 0.4) is 0 Å². The van der Waals surface area contributed by atoms with Crippen LogP contribution in [-0.4, -0.2) is 14.3 Å². The lowest BCUT2D eigenvalue weighted by Gasteiger charge is -2.26. The molecule has 3 aromatic rings. The van der Waals surface area contributed by atoms with Gasteiger partial charge >= 0.3 is 0 Å². The molecule has 1 aliphatic rings. The number of para-hydroxylation sites is 1. The van der Waals surface area contributed by atoms with Crippen molar-refractivity contribution >= 4 is 21.6 Å². The lowest BCUT2D eigenvalue weighted by atomic mass is 9.87. The maximum absolute atomic E-state index is 13.0. The van der Waals surface area contributed by atoms with Gasteiger partial charge in [-0.05, 0) is 54.7 Å². The second-order valence-corrected chi connectivity index (χ2v) is 8.76. The molecule has 0 radical (unpaired) electrons. The minimum atomic E-state index is -3.78. The van der Waals surface area contributed by atoms with Crippen molar-refractivity contribution in [2.75, 3.05) is 4.72 Å². The molecule has 3 aromatic carbocycles. The van der Waals surface area contributed by atoms with Crippen LogP contribution < -0.4 is 10.0 Å². The van der Waals surface area contributed by atoms with Crippen LogP contribution in [0.1, 0.15) is 40.4 Å². The Bertz CT molecular complexity index is 1130. The fourth-order valence-electron chi connectivity index (χ4n) is 3.71. The van der Waals surface area contributed by atoms with E-state index in [1.165, 1.54) is 17.7 Å². The first-order valence-corrected chi connectivity index (χ1v) is 11.1. The van der Waals surface area contributed by atoms with E-state index in [1.807, 2.05) is 18.2 Å². The van der Waals surface area contributed by atoms with Crippen molar-refractivity contribution < 1.29 is 13.2 Å². The molecule has 0 saturated carbocycles. The molecule has 1 aliphatic carbocycles. The van der Waals surface area contributed by atoms with Gasteiger partial charge in [0.2, 0.25) is 0 Å². The summed E-state index contributed by atoms with van der Waals surface area (Å²) in [7, 11) is -3.78. The summed E-state index contributed by atoms with van der Waals surface area (Å²) in [6.07, 6.45) is 2.88. The van der Waals surface area contributed by atoms with E-state index >= 15 is 0 Å². The predicted octanol–water partition coefficient (Wildman–Crippen LogP) is 4.29. The molecule has 6 heteroatoms. The maximum Gasteiger partial charge on any atom is 0.261 e. The van der Waals surface area contributed by atoms with Crippen molar-refractivity contribution in [3.8, 4) is 0 Å². The van der Waals surface area contributed by atoms with Crippen molar-refractivity contribution in [2.24, 2.45) is 0 Å². The third-order valence-corrected chi connectivity index (χ3v) is 6.53. The van der Waals surface area contributed by atoms with Crippen molar-refractivity contribution in [2.45, 2.75) is 30.2 Å². The molecule has 0 saturated heterocycles. The Morgan fingerprint density at radius 2 is 1.55 bits per heavy atom. The van der Waals surface area contributed by atoms with Crippen LogP contribution in [0.4, 0.5) is 5.69 Å². The lowest BCUT2D eigenvalue weighted by molar-refractivity contribution is 0.0933. The SMILES string of the molecule is O=C(N[C@H]1CCCc2ccccc21)c1ccccc1NS(=O)(=O)c1ccccc1. The molecule has 5 nitrogen and oxygen atoms in total. The second kappa shape index (κ2) is 8.09. The number of hydrogen-bond acceptors (Lipinski definition) is 3. The molecule has 0 unspecified atom stereocenters. The minimum absolute atomic E-state index is 0.0776. The standard InChI is InChI=1S/C23H22N2O3S/c26-23(24-21-16-8-10-17-9-4-5-13-19(17)21)20-14-6-7-15-22(20)25-29(27,28)18-11-2-1-3-12-18/h1-7,9,11-15,21,25H,8,10,16H2,(H,24,26)/t21-/m0/s1. The van der Waals surface area contributed by atoms with E-state index in [0.29, 0.717) is 5.56 Å². The summed E-state index contributed by atoms with van der Waals surface area (Å²) in [4.78, 5) is 13.2. The number of sulfonamides is 1. The van der Waals surface area contributed by atoms with E-state index in [2.05, 4.69) is 16.1 Å². The molecule has 29 heavy (non-hydrogen) atoms. The van der Waals surface area contributed by atoms with Crippen molar-refractivity contribution in [3.05, 3.63) is 95.6 Å². The molecule has 1 amide bonds. The van der Waals surface area contributed by atoms with Gasteiger partial charge < -0.3 is 5.32 Å². The van der Waals surface area contributed by atoms with Gasteiger partial charge in [0.1, 0.15) is 0 Å². The number of nitrogens with one attached hydrogen (secondary N) is 2. The Balaban J connectivity index is 1.58. The minimum Gasteiger partial charge on any atom is -0.345 e. The Hall–Kier alpha value is -3.12. The zero-order chi connectivity index (χ0) is 20.3. The Labute approximate surface area is 170 Å². The number of fused-ring (bicyclic) bond motifs is 1. The number of benzene rings is 3. The average Bonchev–Trinajstić information content (AvgIpc) is 2.75. The van der Waals surface area contributed by atoms with E-state index in [-0.39, 0.29) is 22.5 Å². The second-order valence-electron chi connectivity index (χ2n) is 7.08. The highest BCUT2D eigenvalue weighted by molar-refractivity contribution is 7.92. The molecule has 2 N–H and O–H groups in total. The van der Waals surface area contributed by atoms with Crippen LogP contribution in [-0.2, 0) is 16.4 Å². The van der Waals surface area contributed by atoms with Crippen molar-refractivity contribution in [1.82, 2.24) is 5.32 Å². The normalized spacial score (nSPS) is 15.9. The fourth-order valence-corrected chi connectivity index (χ4v) is 4.81. The van der Waals surface area contributed by atoms with Crippen LogP contribution in [0.15, 0.2) is 83.8 Å². The van der Waals surface area contributed by atoms with Crippen LogP contribution in [0, 0.1) is 0 Å². The molecule has 1 atom stereocenters. The third kappa shape index (κ3) is 4.17. The molecule has 0 aliphatic heterocycles. The van der Waals surface area contributed by atoms with E-state index in [9.17, 15) is 13.2 Å². The number of amides is 1. The quantitative estimate of drug-likeness (QED) is 0.664. The largest absolute Gasteiger partial charge is 0.345 e. The highest BCUT2D eigenvalue weighted by Crippen LogP contribution is 2.30. The zero-order valence-corrected chi connectivity index (χ0v) is 16.7. The van der Waals surface area contributed by atoms with Crippen LogP contribution in [0.2, 0.25) is 0 Å². The summed E-state index contributed by atoms with van der Waals surface area (Å²) < 4.78 is 27.9. The fraction of sp³-hybridized carbons (Fsp3) is 0.174. The van der Waals surface area contributed by atoms with Crippen molar-refractivity contribution in [3.63, 3.8) is 0 Å². The first-order chi connectivity index (χ1) is 14.0. The summed E-state index contributed by atoms with van der Waals surface area (Å²) in [5.74, 6) is -0.293. The number of hydrogen-bond donors (Lipinski definition) is 2. The van der Waals surface area contributed by atoms with Crippen molar-refractivity contribution in [1.29, 1.82) is 0 Å². The monoisotopic (exact) mass is 406 g/mol. The number of carbonyl (C=O) groups excluding carboxylic acids is 1. The molecule has 0 spiro atoms. The number of anilines is 1. The van der Waals surface area contributed by atoms with E-state index in [0.717, 1.165) is 24.8 Å². The molecule has 4 rings (SSSR count). The third-order valence-electron chi connectivity index (χ3n) is 5.14. The van der Waals surface area contributed by atoms with E-state index in [1.54, 1.807) is 42.5 Å². The average molecular weight is 407 g/mol. The lowest BCUT2D eigenvalue weighted by Crippen LogP contribution is -2.31. The smallest absolute Gasteiger partial charge is 0.261 e. The molecule has 0 heterocycles. The number of aryl methyl sites for hydroxylation is 1. The summed E-state index contributed by atoms with van der Waals surface area (Å²) >= 11 is 0. The van der Waals surface area contributed by atoms with Gasteiger partial charge in [-0.15, -0.1) is 0 Å². The molecule has 0 fully saturated rings. The highest BCUT2D eigenvalue weighted by Gasteiger charge is 2.24. The number of carbonyl (C=O) groups is 1. The topological polar surface area (TPSA) is 75.3 Å². The molecule has 0 aromatic heterocycles. The Morgan fingerprint density at radius 3 is 2.38 bits per heavy atom. The highest BCUT2D eigenvalue weighted by atomic mass is 32.2. The first kappa shape index (κ1) is 19.2.